The number of rotatable bonds is 3. The van der Waals surface area contributed by atoms with Crippen LogP contribution in [0.4, 0.5) is 0 Å². The van der Waals surface area contributed by atoms with Crippen molar-refractivity contribution in [1.82, 2.24) is 0 Å². The van der Waals surface area contributed by atoms with Crippen molar-refractivity contribution in [3.63, 3.8) is 0 Å². The van der Waals surface area contributed by atoms with E-state index in [9.17, 15) is 0 Å². The Morgan fingerprint density at radius 3 is 2.21 bits per heavy atom. The zero-order valence-corrected chi connectivity index (χ0v) is 9.72. The molecule has 2 N–H and O–H groups in total. The van der Waals surface area contributed by atoms with Crippen LogP contribution in [0.3, 0.4) is 0 Å². The van der Waals surface area contributed by atoms with E-state index in [0.717, 1.165) is 12.8 Å². The van der Waals surface area contributed by atoms with E-state index in [1.54, 1.807) is 0 Å². The minimum Gasteiger partial charge on any atom is -0.321 e. The molecule has 1 rings (SSSR count). The third-order valence-corrected chi connectivity index (χ3v) is 3.19. The lowest BCUT2D eigenvalue weighted by molar-refractivity contribution is 0.410. The summed E-state index contributed by atoms with van der Waals surface area (Å²) in [5.41, 5.74) is 10.2. The summed E-state index contributed by atoms with van der Waals surface area (Å²) < 4.78 is 0. The number of hydrogen-bond donors (Lipinski definition) is 1. The lowest BCUT2D eigenvalue weighted by atomic mass is 9.82. The van der Waals surface area contributed by atoms with Crippen molar-refractivity contribution in [3.8, 4) is 0 Å². The van der Waals surface area contributed by atoms with E-state index in [1.165, 1.54) is 16.7 Å². The van der Waals surface area contributed by atoms with Gasteiger partial charge in [-0.25, -0.2) is 0 Å². The molecule has 0 unspecified atom stereocenters. The molecule has 14 heavy (non-hydrogen) atoms. The fourth-order valence-electron chi connectivity index (χ4n) is 1.90. The van der Waals surface area contributed by atoms with Crippen molar-refractivity contribution in [2.24, 2.45) is 5.73 Å². The van der Waals surface area contributed by atoms with Gasteiger partial charge in [-0.3, -0.25) is 0 Å². The predicted molar refractivity (Wildman–Crippen MR) is 62.4 cm³/mol. The fraction of sp³-hybridized carbons (Fsp3) is 0.538. The molecule has 0 aromatic heterocycles. The minimum atomic E-state index is -0.143. The highest BCUT2D eigenvalue weighted by atomic mass is 14.7. The first-order valence-electron chi connectivity index (χ1n) is 5.40. The normalized spacial score (nSPS) is 11.8. The summed E-state index contributed by atoms with van der Waals surface area (Å²) in [7, 11) is 0. The zero-order chi connectivity index (χ0) is 10.8. The third kappa shape index (κ3) is 1.98. The van der Waals surface area contributed by atoms with Gasteiger partial charge in [-0.05, 0) is 37.8 Å². The summed E-state index contributed by atoms with van der Waals surface area (Å²) >= 11 is 0. The second-order valence-electron chi connectivity index (χ2n) is 4.18. The van der Waals surface area contributed by atoms with Crippen molar-refractivity contribution in [2.75, 3.05) is 0 Å². The van der Waals surface area contributed by atoms with E-state index in [4.69, 9.17) is 5.73 Å². The molecule has 1 heteroatoms. The largest absolute Gasteiger partial charge is 0.321 e. The van der Waals surface area contributed by atoms with E-state index in [2.05, 4.69) is 45.9 Å². The van der Waals surface area contributed by atoms with Crippen molar-refractivity contribution < 1.29 is 0 Å². The molecule has 0 spiro atoms. The van der Waals surface area contributed by atoms with Crippen molar-refractivity contribution in [1.29, 1.82) is 0 Å². The van der Waals surface area contributed by atoms with Crippen LogP contribution < -0.4 is 5.73 Å². The quantitative estimate of drug-likeness (QED) is 0.779. The topological polar surface area (TPSA) is 26.0 Å². The monoisotopic (exact) mass is 191 g/mol. The van der Waals surface area contributed by atoms with Crippen molar-refractivity contribution in [2.45, 2.75) is 46.1 Å². The summed E-state index contributed by atoms with van der Waals surface area (Å²) in [6.45, 7) is 8.58. The summed E-state index contributed by atoms with van der Waals surface area (Å²) in [6, 6.07) is 6.53. The van der Waals surface area contributed by atoms with E-state index in [0.29, 0.717) is 0 Å². The molecule has 0 aliphatic carbocycles. The van der Waals surface area contributed by atoms with E-state index >= 15 is 0 Å². The Hall–Kier alpha value is -0.820. The lowest BCUT2D eigenvalue weighted by Gasteiger charge is -2.29. The van der Waals surface area contributed by atoms with Gasteiger partial charge in [-0.1, -0.05) is 37.6 Å². The third-order valence-electron chi connectivity index (χ3n) is 3.19. The predicted octanol–water partition coefficient (Wildman–Crippen LogP) is 3.28. The van der Waals surface area contributed by atoms with Crippen LogP contribution in [0.15, 0.2) is 18.2 Å². The number of benzene rings is 1. The molecular weight excluding hydrogens is 170 g/mol. The molecule has 0 fully saturated rings. The number of aryl methyl sites for hydroxylation is 2. The number of hydrogen-bond acceptors (Lipinski definition) is 1. The average molecular weight is 191 g/mol. The summed E-state index contributed by atoms with van der Waals surface area (Å²) in [4.78, 5) is 0. The molecule has 0 amide bonds. The Morgan fingerprint density at radius 1 is 1.14 bits per heavy atom. The van der Waals surface area contributed by atoms with Gasteiger partial charge in [0.15, 0.2) is 0 Å². The molecule has 1 aromatic carbocycles. The standard InChI is InChI=1S/C13H21N/c1-5-13(14,6-2)12-9-10(3)7-8-11(12)4/h7-9H,5-6,14H2,1-4H3. The Bertz CT molecular complexity index is 311. The van der Waals surface area contributed by atoms with Gasteiger partial charge >= 0.3 is 0 Å². The van der Waals surface area contributed by atoms with Crippen molar-refractivity contribution in [3.05, 3.63) is 34.9 Å². The molecular formula is C13H21N. The summed E-state index contributed by atoms with van der Waals surface area (Å²) in [6.07, 6.45) is 1.99. The maximum absolute atomic E-state index is 6.39. The molecule has 0 saturated carbocycles. The lowest BCUT2D eigenvalue weighted by Crippen LogP contribution is -2.35. The Labute approximate surface area is 87.3 Å². The average Bonchev–Trinajstić information content (AvgIpc) is 2.20. The second kappa shape index (κ2) is 4.14. The van der Waals surface area contributed by atoms with Crippen LogP contribution in [-0.4, -0.2) is 0 Å². The van der Waals surface area contributed by atoms with Gasteiger partial charge in [0.2, 0.25) is 0 Å². The highest BCUT2D eigenvalue weighted by Gasteiger charge is 2.24. The fourth-order valence-corrected chi connectivity index (χ4v) is 1.90. The van der Waals surface area contributed by atoms with Crippen LogP contribution in [0.5, 0.6) is 0 Å². The van der Waals surface area contributed by atoms with Gasteiger partial charge in [-0.2, -0.15) is 0 Å². The van der Waals surface area contributed by atoms with Gasteiger partial charge in [0.25, 0.3) is 0 Å². The zero-order valence-electron chi connectivity index (χ0n) is 9.72. The maximum Gasteiger partial charge on any atom is 0.0407 e. The summed E-state index contributed by atoms with van der Waals surface area (Å²) in [5, 5.41) is 0. The molecule has 1 nitrogen and oxygen atoms in total. The van der Waals surface area contributed by atoms with Gasteiger partial charge < -0.3 is 5.73 Å². The van der Waals surface area contributed by atoms with Crippen LogP contribution in [0.1, 0.15) is 43.4 Å². The van der Waals surface area contributed by atoms with Crippen LogP contribution >= 0.6 is 0 Å². The van der Waals surface area contributed by atoms with Crippen molar-refractivity contribution >= 4 is 0 Å². The Balaban J connectivity index is 3.22. The Kier molecular flexibility index (Phi) is 3.33. The van der Waals surface area contributed by atoms with Crippen LogP contribution in [-0.2, 0) is 5.54 Å². The van der Waals surface area contributed by atoms with Gasteiger partial charge in [0.1, 0.15) is 0 Å². The molecule has 0 saturated heterocycles. The first kappa shape index (κ1) is 11.3. The second-order valence-corrected chi connectivity index (χ2v) is 4.18. The molecule has 0 aliphatic rings. The van der Waals surface area contributed by atoms with Crippen LogP contribution in [0.2, 0.25) is 0 Å². The molecule has 0 aliphatic heterocycles. The van der Waals surface area contributed by atoms with E-state index in [1.807, 2.05) is 0 Å². The molecule has 0 atom stereocenters. The molecule has 0 radical (unpaired) electrons. The van der Waals surface area contributed by atoms with Gasteiger partial charge in [0.05, 0.1) is 0 Å². The minimum absolute atomic E-state index is 0.143. The van der Waals surface area contributed by atoms with Crippen LogP contribution in [0, 0.1) is 13.8 Å². The smallest absolute Gasteiger partial charge is 0.0407 e. The first-order chi connectivity index (χ1) is 6.53. The first-order valence-corrected chi connectivity index (χ1v) is 5.40. The highest BCUT2D eigenvalue weighted by molar-refractivity contribution is 5.35. The molecule has 78 valence electrons. The van der Waals surface area contributed by atoms with Gasteiger partial charge in [-0.15, -0.1) is 0 Å². The van der Waals surface area contributed by atoms with E-state index in [-0.39, 0.29) is 5.54 Å². The molecule has 0 heterocycles. The van der Waals surface area contributed by atoms with Crippen LogP contribution in [0.25, 0.3) is 0 Å². The molecule has 0 bridgehead atoms. The van der Waals surface area contributed by atoms with E-state index < -0.39 is 0 Å². The SMILES string of the molecule is CCC(N)(CC)c1cc(C)ccc1C. The Morgan fingerprint density at radius 2 is 1.71 bits per heavy atom. The molecule has 1 aromatic rings. The number of nitrogens with two attached hydrogens (primary N) is 1. The highest BCUT2D eigenvalue weighted by Crippen LogP contribution is 2.28. The maximum atomic E-state index is 6.39. The summed E-state index contributed by atoms with van der Waals surface area (Å²) in [5.74, 6) is 0. The van der Waals surface area contributed by atoms with Gasteiger partial charge in [0, 0.05) is 5.54 Å².